The molecule has 1 aliphatic rings. The summed E-state index contributed by atoms with van der Waals surface area (Å²) in [5, 5.41) is 13.3. The lowest BCUT2D eigenvalue weighted by molar-refractivity contribution is 0.694. The molecule has 2 aromatic heterocycles. The fourth-order valence-corrected chi connectivity index (χ4v) is 5.68. The minimum Gasteiger partial charge on any atom is -0.298 e. The number of thiophene rings is 1. The van der Waals surface area contributed by atoms with E-state index in [0.717, 1.165) is 28.7 Å². The Balaban J connectivity index is 1.61. The number of halogens is 2. The summed E-state index contributed by atoms with van der Waals surface area (Å²) in [7, 11) is 0. The van der Waals surface area contributed by atoms with Crippen LogP contribution in [0.2, 0.25) is 10.0 Å². The van der Waals surface area contributed by atoms with Crippen LogP contribution < -0.4 is 0 Å². The molecule has 140 valence electrons. The summed E-state index contributed by atoms with van der Waals surface area (Å²) < 4.78 is 2.16. The van der Waals surface area contributed by atoms with Crippen LogP contribution in [0.4, 0.5) is 0 Å². The Labute approximate surface area is 177 Å². The molecule has 3 nitrogen and oxygen atoms in total. The lowest BCUT2D eigenvalue weighted by atomic mass is 9.95. The summed E-state index contributed by atoms with van der Waals surface area (Å²) in [6.07, 6.45) is 6.77. The van der Waals surface area contributed by atoms with Crippen molar-refractivity contribution in [2.75, 3.05) is 0 Å². The third-order valence-corrected chi connectivity index (χ3v) is 7.55. The molecular formula is C20H19Cl2N3S2. The second-order valence-corrected chi connectivity index (χ2v) is 9.22. The van der Waals surface area contributed by atoms with Crippen LogP contribution in [-0.4, -0.2) is 14.8 Å². The van der Waals surface area contributed by atoms with E-state index in [4.69, 9.17) is 23.2 Å². The molecule has 0 unspecified atom stereocenters. The molecule has 0 atom stereocenters. The van der Waals surface area contributed by atoms with Crippen molar-refractivity contribution in [1.29, 1.82) is 0 Å². The number of allylic oxidation sites excluding steroid dienone is 1. The number of rotatable bonds is 6. The molecule has 0 aliphatic heterocycles. The van der Waals surface area contributed by atoms with Crippen LogP contribution in [0.25, 0.3) is 11.4 Å². The fourth-order valence-electron chi connectivity index (χ4n) is 3.35. The van der Waals surface area contributed by atoms with Gasteiger partial charge in [-0.25, -0.2) is 0 Å². The molecule has 27 heavy (non-hydrogen) atoms. The van der Waals surface area contributed by atoms with Gasteiger partial charge in [0.25, 0.3) is 0 Å². The van der Waals surface area contributed by atoms with Gasteiger partial charge < -0.3 is 0 Å². The van der Waals surface area contributed by atoms with Crippen molar-refractivity contribution in [2.45, 2.75) is 43.1 Å². The number of aryl methyl sites for hydroxylation is 1. The molecule has 0 N–H and O–H groups in total. The monoisotopic (exact) mass is 435 g/mol. The maximum absolute atomic E-state index is 6.13. The van der Waals surface area contributed by atoms with Gasteiger partial charge in [-0.15, -0.1) is 28.1 Å². The van der Waals surface area contributed by atoms with Gasteiger partial charge >= 0.3 is 0 Å². The fraction of sp³-hybridized carbons (Fsp3) is 0.300. The standard InChI is InChI=1S/C20H19Cl2N3S2/c1-2-9-25-19(15-12-26-18-6-4-3-5-14(15)18)23-24-20(25)27-11-13-7-8-16(21)17(22)10-13/h2,7-8,10,12H,1,3-6,9,11H2. The quantitative estimate of drug-likeness (QED) is 0.319. The van der Waals surface area contributed by atoms with Crippen molar-refractivity contribution in [3.63, 3.8) is 0 Å². The molecule has 1 aliphatic carbocycles. The predicted octanol–water partition coefficient (Wildman–Crippen LogP) is 6.67. The van der Waals surface area contributed by atoms with E-state index >= 15 is 0 Å². The summed E-state index contributed by atoms with van der Waals surface area (Å²) in [6, 6.07) is 5.73. The van der Waals surface area contributed by atoms with E-state index in [-0.39, 0.29) is 0 Å². The Bertz CT molecular complexity index is 978. The van der Waals surface area contributed by atoms with E-state index in [0.29, 0.717) is 16.6 Å². The summed E-state index contributed by atoms with van der Waals surface area (Å²) in [6.45, 7) is 4.60. The molecular weight excluding hydrogens is 417 g/mol. The third-order valence-electron chi connectivity index (χ3n) is 4.68. The van der Waals surface area contributed by atoms with Gasteiger partial charge in [0.1, 0.15) is 0 Å². The van der Waals surface area contributed by atoms with Gasteiger partial charge in [-0.2, -0.15) is 0 Å². The number of thioether (sulfide) groups is 1. The molecule has 0 saturated heterocycles. The molecule has 4 rings (SSSR count). The highest BCUT2D eigenvalue weighted by molar-refractivity contribution is 7.98. The molecule has 3 aromatic rings. The smallest absolute Gasteiger partial charge is 0.192 e. The van der Waals surface area contributed by atoms with E-state index < -0.39 is 0 Å². The number of hydrogen-bond donors (Lipinski definition) is 0. The van der Waals surface area contributed by atoms with Gasteiger partial charge in [-0.05, 0) is 48.9 Å². The van der Waals surface area contributed by atoms with Crippen LogP contribution >= 0.6 is 46.3 Å². The summed E-state index contributed by atoms with van der Waals surface area (Å²) in [5.41, 5.74) is 3.81. The van der Waals surface area contributed by atoms with Crippen LogP contribution in [-0.2, 0) is 25.1 Å². The molecule has 7 heteroatoms. The first-order valence-corrected chi connectivity index (χ1v) is 11.5. The molecule has 2 heterocycles. The summed E-state index contributed by atoms with van der Waals surface area (Å²) in [4.78, 5) is 1.51. The first kappa shape index (κ1) is 19.1. The zero-order chi connectivity index (χ0) is 18.8. The van der Waals surface area contributed by atoms with E-state index in [1.165, 1.54) is 35.3 Å². The highest BCUT2D eigenvalue weighted by Crippen LogP contribution is 2.37. The maximum atomic E-state index is 6.13. The third kappa shape index (κ3) is 3.97. The van der Waals surface area contributed by atoms with Gasteiger partial charge in [-0.3, -0.25) is 4.57 Å². The van der Waals surface area contributed by atoms with Crippen LogP contribution in [0.15, 0.2) is 41.4 Å². The van der Waals surface area contributed by atoms with Crippen molar-refractivity contribution >= 4 is 46.3 Å². The molecule has 0 spiro atoms. The molecule has 0 amide bonds. The Morgan fingerprint density at radius 2 is 2.04 bits per heavy atom. The van der Waals surface area contributed by atoms with Crippen molar-refractivity contribution < 1.29 is 0 Å². The predicted molar refractivity (Wildman–Crippen MR) is 116 cm³/mol. The van der Waals surface area contributed by atoms with E-state index in [2.05, 4.69) is 26.7 Å². The van der Waals surface area contributed by atoms with Crippen LogP contribution in [0.1, 0.15) is 28.8 Å². The maximum Gasteiger partial charge on any atom is 0.192 e. The molecule has 0 fully saturated rings. The van der Waals surface area contributed by atoms with Crippen molar-refractivity contribution in [1.82, 2.24) is 14.8 Å². The second-order valence-electron chi connectivity index (χ2n) is 6.50. The van der Waals surface area contributed by atoms with E-state index in [1.54, 1.807) is 11.8 Å². The SMILES string of the molecule is C=CCn1c(SCc2ccc(Cl)c(Cl)c2)nnc1-c1csc2c1CCCC2. The normalized spacial score (nSPS) is 13.6. The highest BCUT2D eigenvalue weighted by atomic mass is 35.5. The van der Waals surface area contributed by atoms with Gasteiger partial charge in [0.2, 0.25) is 0 Å². The number of fused-ring (bicyclic) bond motifs is 1. The average Bonchev–Trinajstić information content (AvgIpc) is 3.27. The van der Waals surface area contributed by atoms with Gasteiger partial charge in [0.05, 0.1) is 10.0 Å². The number of aromatic nitrogens is 3. The number of benzene rings is 1. The first-order chi connectivity index (χ1) is 13.2. The lowest BCUT2D eigenvalue weighted by Crippen LogP contribution is -2.04. The largest absolute Gasteiger partial charge is 0.298 e. The topological polar surface area (TPSA) is 30.7 Å². The molecule has 0 saturated carbocycles. The van der Waals surface area contributed by atoms with Crippen molar-refractivity contribution in [3.05, 3.63) is 62.3 Å². The van der Waals surface area contributed by atoms with E-state index in [1.807, 2.05) is 35.6 Å². The van der Waals surface area contributed by atoms with Crippen molar-refractivity contribution in [2.24, 2.45) is 0 Å². The van der Waals surface area contributed by atoms with Crippen LogP contribution in [0, 0.1) is 0 Å². The summed E-state index contributed by atoms with van der Waals surface area (Å²) >= 11 is 15.6. The minimum absolute atomic E-state index is 0.574. The first-order valence-electron chi connectivity index (χ1n) is 8.88. The second kappa shape index (κ2) is 8.39. The van der Waals surface area contributed by atoms with Crippen LogP contribution in [0.5, 0.6) is 0 Å². The summed E-state index contributed by atoms with van der Waals surface area (Å²) in [5.74, 6) is 1.71. The Morgan fingerprint density at radius 3 is 2.85 bits per heavy atom. The Kier molecular flexibility index (Phi) is 5.93. The van der Waals surface area contributed by atoms with Gasteiger partial charge in [0.15, 0.2) is 11.0 Å². The van der Waals surface area contributed by atoms with Gasteiger partial charge in [0, 0.05) is 28.1 Å². The molecule has 1 aromatic carbocycles. The zero-order valence-corrected chi connectivity index (χ0v) is 17.9. The molecule has 0 radical (unpaired) electrons. The van der Waals surface area contributed by atoms with Crippen molar-refractivity contribution in [3.8, 4) is 11.4 Å². The Hall–Kier alpha value is -1.27. The zero-order valence-electron chi connectivity index (χ0n) is 14.8. The average molecular weight is 436 g/mol. The minimum atomic E-state index is 0.574. The van der Waals surface area contributed by atoms with E-state index in [9.17, 15) is 0 Å². The lowest BCUT2D eigenvalue weighted by Gasteiger charge is -2.13. The highest BCUT2D eigenvalue weighted by Gasteiger charge is 2.22. The van der Waals surface area contributed by atoms with Crippen LogP contribution in [0.3, 0.4) is 0 Å². The molecule has 0 bridgehead atoms. The Morgan fingerprint density at radius 1 is 1.19 bits per heavy atom. The number of nitrogens with zero attached hydrogens (tertiary/aromatic N) is 3. The van der Waals surface area contributed by atoms with Gasteiger partial charge in [-0.1, -0.05) is 47.1 Å². The number of hydrogen-bond acceptors (Lipinski definition) is 4.